The van der Waals surface area contributed by atoms with Gasteiger partial charge < -0.3 is 4.90 Å². The van der Waals surface area contributed by atoms with Crippen molar-refractivity contribution < 1.29 is 0 Å². The van der Waals surface area contributed by atoms with Gasteiger partial charge in [-0.25, -0.2) is 0 Å². The number of anilines is 1. The third kappa shape index (κ3) is 3.06. The molecule has 0 radical (unpaired) electrons. The lowest BCUT2D eigenvalue weighted by Gasteiger charge is -2.49. The molecule has 1 aliphatic heterocycles. The maximum atomic E-state index is 4.05. The van der Waals surface area contributed by atoms with Crippen LogP contribution in [0.2, 0.25) is 0 Å². The minimum absolute atomic E-state index is 0.0217. The van der Waals surface area contributed by atoms with Gasteiger partial charge in [0.2, 0.25) is 0 Å². The summed E-state index contributed by atoms with van der Waals surface area (Å²) in [6.07, 6.45) is 0.0217. The van der Waals surface area contributed by atoms with Gasteiger partial charge in [-0.05, 0) is 34.9 Å². The predicted octanol–water partition coefficient (Wildman–Crippen LogP) is 6.48. The SMILES string of the molecule is CN1c2ccccc2C(c2ccccc2)(c2ccccc2)NC1c1ccc(Br)cc1. The van der Waals surface area contributed by atoms with Crippen LogP contribution in [0.4, 0.5) is 5.69 Å². The van der Waals surface area contributed by atoms with Crippen LogP contribution >= 0.6 is 15.9 Å². The molecule has 4 aromatic carbocycles. The van der Waals surface area contributed by atoms with Gasteiger partial charge >= 0.3 is 0 Å². The number of hydrogen-bond donors (Lipinski definition) is 1. The molecule has 0 spiro atoms. The number of halogens is 1. The molecule has 0 saturated heterocycles. The van der Waals surface area contributed by atoms with Crippen molar-refractivity contribution in [1.82, 2.24) is 5.32 Å². The summed E-state index contributed by atoms with van der Waals surface area (Å²) in [6, 6.07) is 38.9. The zero-order chi connectivity index (χ0) is 20.6. The molecule has 2 nitrogen and oxygen atoms in total. The van der Waals surface area contributed by atoms with E-state index in [1.807, 2.05) is 0 Å². The summed E-state index contributed by atoms with van der Waals surface area (Å²) in [5.41, 5.74) is 5.74. The molecule has 0 amide bonds. The van der Waals surface area contributed by atoms with Crippen molar-refractivity contribution in [2.45, 2.75) is 11.7 Å². The highest BCUT2D eigenvalue weighted by Gasteiger charge is 2.45. The van der Waals surface area contributed by atoms with Crippen LogP contribution in [0.25, 0.3) is 0 Å². The maximum Gasteiger partial charge on any atom is 0.107 e. The van der Waals surface area contributed by atoms with Crippen LogP contribution < -0.4 is 10.2 Å². The van der Waals surface area contributed by atoms with E-state index in [0.717, 1.165) is 4.47 Å². The summed E-state index contributed by atoms with van der Waals surface area (Å²) >= 11 is 3.57. The van der Waals surface area contributed by atoms with Crippen molar-refractivity contribution >= 4 is 21.6 Å². The van der Waals surface area contributed by atoms with E-state index >= 15 is 0 Å². The van der Waals surface area contributed by atoms with E-state index in [9.17, 15) is 0 Å². The van der Waals surface area contributed by atoms with Gasteiger partial charge in [-0.2, -0.15) is 0 Å². The number of nitrogens with zero attached hydrogens (tertiary/aromatic N) is 1. The molecule has 5 rings (SSSR count). The van der Waals surface area contributed by atoms with Gasteiger partial charge in [-0.3, -0.25) is 5.32 Å². The Labute approximate surface area is 186 Å². The summed E-state index contributed by atoms with van der Waals surface area (Å²) in [4.78, 5) is 2.34. The van der Waals surface area contributed by atoms with Gasteiger partial charge in [-0.15, -0.1) is 0 Å². The second-order valence-electron chi connectivity index (χ2n) is 7.71. The predicted molar refractivity (Wildman–Crippen MR) is 128 cm³/mol. The number of rotatable bonds is 3. The van der Waals surface area contributed by atoms with E-state index in [1.165, 1.54) is 27.9 Å². The first-order valence-corrected chi connectivity index (χ1v) is 11.0. The molecule has 4 aromatic rings. The lowest BCUT2D eigenvalue weighted by atomic mass is 9.74. The second-order valence-corrected chi connectivity index (χ2v) is 8.62. The number of fused-ring (bicyclic) bond motifs is 1. The van der Waals surface area contributed by atoms with E-state index in [4.69, 9.17) is 0 Å². The quantitative estimate of drug-likeness (QED) is 0.381. The van der Waals surface area contributed by atoms with Crippen LogP contribution in [-0.4, -0.2) is 7.05 Å². The molecule has 1 N–H and O–H groups in total. The summed E-state index contributed by atoms with van der Waals surface area (Å²) in [5, 5.41) is 4.05. The fourth-order valence-corrected chi connectivity index (χ4v) is 4.85. The average Bonchev–Trinajstić information content (AvgIpc) is 2.82. The van der Waals surface area contributed by atoms with E-state index in [-0.39, 0.29) is 6.17 Å². The van der Waals surface area contributed by atoms with Crippen LogP contribution in [0.3, 0.4) is 0 Å². The van der Waals surface area contributed by atoms with Crippen LogP contribution in [0, 0.1) is 0 Å². The fourth-order valence-electron chi connectivity index (χ4n) is 4.59. The number of para-hydroxylation sites is 1. The summed E-state index contributed by atoms with van der Waals surface area (Å²) < 4.78 is 1.09. The average molecular weight is 455 g/mol. The Kier molecular flexibility index (Phi) is 4.93. The smallest absolute Gasteiger partial charge is 0.107 e. The molecule has 1 atom stereocenters. The number of nitrogens with one attached hydrogen (secondary N) is 1. The highest BCUT2D eigenvalue weighted by atomic mass is 79.9. The van der Waals surface area contributed by atoms with Crippen molar-refractivity contribution in [2.75, 3.05) is 11.9 Å². The molecule has 0 saturated carbocycles. The first kappa shape index (κ1) is 19.1. The lowest BCUT2D eigenvalue weighted by molar-refractivity contribution is 0.370. The van der Waals surface area contributed by atoms with Crippen LogP contribution in [0.1, 0.15) is 28.4 Å². The van der Waals surface area contributed by atoms with E-state index in [1.54, 1.807) is 0 Å². The first-order chi connectivity index (χ1) is 14.7. The van der Waals surface area contributed by atoms with Crippen molar-refractivity contribution in [3.8, 4) is 0 Å². The van der Waals surface area contributed by atoms with Gasteiger partial charge in [0, 0.05) is 22.8 Å². The van der Waals surface area contributed by atoms with E-state index in [2.05, 4.69) is 142 Å². The largest absolute Gasteiger partial charge is 0.355 e. The normalized spacial score (nSPS) is 17.4. The monoisotopic (exact) mass is 454 g/mol. The summed E-state index contributed by atoms with van der Waals surface area (Å²) in [6.45, 7) is 0. The van der Waals surface area contributed by atoms with Gasteiger partial charge in [0.05, 0.1) is 5.54 Å². The third-order valence-corrected chi connectivity index (χ3v) is 6.56. The van der Waals surface area contributed by atoms with Crippen molar-refractivity contribution in [3.63, 3.8) is 0 Å². The van der Waals surface area contributed by atoms with Gasteiger partial charge in [0.1, 0.15) is 6.17 Å². The molecule has 148 valence electrons. The Morgan fingerprint density at radius 2 is 1.23 bits per heavy atom. The molecule has 3 heteroatoms. The molecule has 0 aromatic heterocycles. The van der Waals surface area contributed by atoms with Gasteiger partial charge in [0.15, 0.2) is 0 Å². The van der Waals surface area contributed by atoms with Gasteiger partial charge in [-0.1, -0.05) is 107 Å². The molecule has 0 aliphatic carbocycles. The first-order valence-electron chi connectivity index (χ1n) is 10.2. The Morgan fingerprint density at radius 1 is 0.700 bits per heavy atom. The molecule has 1 heterocycles. The van der Waals surface area contributed by atoms with Crippen LogP contribution in [0.5, 0.6) is 0 Å². The standard InChI is InChI=1S/C27H23BrN2/c1-30-25-15-9-8-14-24(25)27(21-10-4-2-5-11-21,22-12-6-3-7-13-22)29-26(30)20-16-18-23(28)19-17-20/h2-19,26,29H,1H3. The van der Waals surface area contributed by atoms with E-state index in [0.29, 0.717) is 0 Å². The Balaban J connectivity index is 1.80. The molecule has 1 unspecified atom stereocenters. The second kappa shape index (κ2) is 7.75. The van der Waals surface area contributed by atoms with Crippen LogP contribution in [0.15, 0.2) is 114 Å². The molecule has 30 heavy (non-hydrogen) atoms. The Bertz CT molecular complexity index is 1100. The van der Waals surface area contributed by atoms with Crippen molar-refractivity contribution in [2.24, 2.45) is 0 Å². The molecule has 0 bridgehead atoms. The van der Waals surface area contributed by atoms with Crippen molar-refractivity contribution in [3.05, 3.63) is 136 Å². The number of hydrogen-bond acceptors (Lipinski definition) is 2. The van der Waals surface area contributed by atoms with E-state index < -0.39 is 5.54 Å². The highest BCUT2D eigenvalue weighted by molar-refractivity contribution is 9.10. The summed E-state index contributed by atoms with van der Waals surface area (Å²) in [7, 11) is 2.17. The molecule has 1 aliphatic rings. The summed E-state index contributed by atoms with van der Waals surface area (Å²) in [5.74, 6) is 0. The Morgan fingerprint density at radius 3 is 1.83 bits per heavy atom. The highest BCUT2D eigenvalue weighted by Crippen LogP contribution is 2.47. The lowest BCUT2D eigenvalue weighted by Crippen LogP contribution is -2.55. The van der Waals surface area contributed by atoms with Gasteiger partial charge in [0.25, 0.3) is 0 Å². The fraction of sp³-hybridized carbons (Fsp3) is 0.111. The minimum atomic E-state index is -0.455. The maximum absolute atomic E-state index is 4.05. The third-order valence-electron chi connectivity index (χ3n) is 6.03. The van der Waals surface area contributed by atoms with Crippen LogP contribution in [-0.2, 0) is 5.54 Å². The number of benzene rings is 4. The minimum Gasteiger partial charge on any atom is -0.355 e. The zero-order valence-corrected chi connectivity index (χ0v) is 18.4. The molecular weight excluding hydrogens is 432 g/mol. The van der Waals surface area contributed by atoms with Crippen molar-refractivity contribution in [1.29, 1.82) is 0 Å². The topological polar surface area (TPSA) is 15.3 Å². The molecule has 0 fully saturated rings. The Hall–Kier alpha value is -2.88. The molecular formula is C27H23BrN2. The zero-order valence-electron chi connectivity index (χ0n) is 16.8.